The first kappa shape index (κ1) is 33.1. The molecule has 218 valence electrons. The lowest BCUT2D eigenvalue weighted by Crippen LogP contribution is -2.76. The van der Waals surface area contributed by atoms with E-state index in [0.29, 0.717) is 32.1 Å². The molecule has 0 amide bonds. The van der Waals surface area contributed by atoms with Crippen LogP contribution in [-0.4, -0.2) is 28.6 Å². The van der Waals surface area contributed by atoms with Crippen molar-refractivity contribution in [1.29, 1.82) is 0 Å². The highest BCUT2D eigenvalue weighted by atomic mass is 16.3. The summed E-state index contributed by atoms with van der Waals surface area (Å²) in [6, 6.07) is 0. The van der Waals surface area contributed by atoms with Crippen molar-refractivity contribution in [2.45, 2.75) is 121 Å². The molecule has 6 atom stereocenters. The number of fused-ring (bicyclic) bond motifs is 2. The standard InChI is InChI=1S/C35H54O4/c1-22(2)13-12-19-33(11)27(16-14-23(3)4)21-34(20-18-25(7)8)30(37)28(17-15-24(5)6)31(38)35(33,32(34)39)29(36)26(9)10/h13-15,18,26-28,31,38H,12,16-17,19-21H2,1-11H3/t27-,28+,31+,33+,34-,35+/m0/s1. The van der Waals surface area contributed by atoms with Crippen molar-refractivity contribution in [3.63, 3.8) is 0 Å². The molecule has 0 radical (unpaired) electrons. The predicted octanol–water partition coefficient (Wildman–Crippen LogP) is 8.15. The van der Waals surface area contributed by atoms with E-state index in [1.165, 1.54) is 11.1 Å². The Balaban J connectivity index is 3.02. The van der Waals surface area contributed by atoms with E-state index in [4.69, 9.17) is 0 Å². The van der Waals surface area contributed by atoms with Gasteiger partial charge in [0.15, 0.2) is 17.3 Å². The second kappa shape index (κ2) is 12.6. The molecule has 0 aromatic carbocycles. The number of Topliss-reactive ketones (excluding diaryl/α,β-unsaturated/α-hetero) is 3. The van der Waals surface area contributed by atoms with Crippen LogP contribution >= 0.6 is 0 Å². The highest BCUT2D eigenvalue weighted by molar-refractivity contribution is 6.22. The molecular formula is C35H54O4. The lowest BCUT2D eigenvalue weighted by Gasteiger charge is -2.65. The summed E-state index contributed by atoms with van der Waals surface area (Å²) in [7, 11) is 0. The second-order valence-corrected chi connectivity index (χ2v) is 13.8. The predicted molar refractivity (Wildman–Crippen MR) is 161 cm³/mol. The van der Waals surface area contributed by atoms with Crippen LogP contribution in [0.5, 0.6) is 0 Å². The van der Waals surface area contributed by atoms with Crippen LogP contribution in [0.2, 0.25) is 0 Å². The van der Waals surface area contributed by atoms with Gasteiger partial charge in [0.2, 0.25) is 0 Å². The number of hydrogen-bond donors (Lipinski definition) is 1. The summed E-state index contributed by atoms with van der Waals surface area (Å²) in [5, 5.41) is 12.3. The molecule has 0 aliphatic heterocycles. The number of aliphatic hydroxyl groups is 1. The third kappa shape index (κ3) is 6.01. The maximum Gasteiger partial charge on any atom is 0.163 e. The molecule has 4 nitrogen and oxygen atoms in total. The first-order chi connectivity index (χ1) is 18.0. The van der Waals surface area contributed by atoms with Gasteiger partial charge in [-0.1, -0.05) is 67.4 Å². The van der Waals surface area contributed by atoms with E-state index in [2.05, 4.69) is 46.8 Å². The SMILES string of the molecule is CC(C)=CCC[C@]1(C)[C@@H](CC=C(C)C)C[C@@]2(CC=C(C)C)C(=O)[C@@H](CC=C(C)C)[C@@H](O)[C@]1(C(=O)C(C)C)C2=O. The molecule has 2 aliphatic carbocycles. The molecule has 2 saturated carbocycles. The summed E-state index contributed by atoms with van der Waals surface area (Å²) < 4.78 is 0. The largest absolute Gasteiger partial charge is 0.391 e. The molecule has 2 rings (SSSR count). The van der Waals surface area contributed by atoms with Crippen LogP contribution in [0.1, 0.15) is 115 Å². The molecule has 2 aliphatic rings. The molecule has 0 unspecified atom stereocenters. The van der Waals surface area contributed by atoms with Crippen LogP contribution in [0.4, 0.5) is 0 Å². The van der Waals surface area contributed by atoms with Crippen LogP contribution < -0.4 is 0 Å². The van der Waals surface area contributed by atoms with Gasteiger partial charge in [-0.15, -0.1) is 0 Å². The van der Waals surface area contributed by atoms with E-state index in [0.717, 1.165) is 11.1 Å². The second-order valence-electron chi connectivity index (χ2n) is 13.8. The van der Waals surface area contributed by atoms with Gasteiger partial charge in [-0.3, -0.25) is 14.4 Å². The van der Waals surface area contributed by atoms with Gasteiger partial charge in [-0.05, 0) is 105 Å². The van der Waals surface area contributed by atoms with Crippen molar-refractivity contribution in [1.82, 2.24) is 0 Å². The van der Waals surface area contributed by atoms with E-state index in [1.807, 2.05) is 53.7 Å². The summed E-state index contributed by atoms with van der Waals surface area (Å²) in [5.74, 6) is -2.07. The monoisotopic (exact) mass is 538 g/mol. The summed E-state index contributed by atoms with van der Waals surface area (Å²) >= 11 is 0. The number of carbonyl (C=O) groups excluding carboxylic acids is 3. The van der Waals surface area contributed by atoms with Crippen LogP contribution in [-0.2, 0) is 14.4 Å². The molecule has 0 heterocycles. The Morgan fingerprint density at radius 1 is 0.872 bits per heavy atom. The average Bonchev–Trinajstić information content (AvgIpc) is 2.81. The van der Waals surface area contributed by atoms with E-state index >= 15 is 4.79 Å². The molecule has 1 N–H and O–H groups in total. The van der Waals surface area contributed by atoms with Crippen molar-refractivity contribution in [3.05, 3.63) is 46.6 Å². The first-order valence-electron chi connectivity index (χ1n) is 14.8. The van der Waals surface area contributed by atoms with E-state index in [-0.39, 0.29) is 29.7 Å². The van der Waals surface area contributed by atoms with Crippen molar-refractivity contribution in [2.24, 2.45) is 34.0 Å². The fourth-order valence-electron chi connectivity index (χ4n) is 7.21. The Morgan fingerprint density at radius 2 is 1.38 bits per heavy atom. The van der Waals surface area contributed by atoms with Gasteiger partial charge in [-0.2, -0.15) is 0 Å². The van der Waals surface area contributed by atoms with Crippen LogP contribution in [0, 0.1) is 34.0 Å². The zero-order valence-corrected chi connectivity index (χ0v) is 26.5. The molecule has 0 aromatic heterocycles. The first-order valence-corrected chi connectivity index (χ1v) is 14.8. The average molecular weight is 539 g/mol. The number of aliphatic hydroxyl groups excluding tert-OH is 1. The Hall–Kier alpha value is -2.07. The van der Waals surface area contributed by atoms with Crippen LogP contribution in [0.15, 0.2) is 46.6 Å². The Labute approximate surface area is 238 Å². The number of hydrogen-bond acceptors (Lipinski definition) is 4. The third-order valence-electron chi connectivity index (χ3n) is 9.40. The number of allylic oxidation sites excluding steroid dienone is 8. The normalized spacial score (nSPS) is 32.0. The van der Waals surface area contributed by atoms with E-state index < -0.39 is 34.2 Å². The Bertz CT molecular complexity index is 1070. The summed E-state index contributed by atoms with van der Waals surface area (Å²) in [6.07, 6.45) is 9.96. The van der Waals surface area contributed by atoms with Crippen LogP contribution in [0.3, 0.4) is 0 Å². The molecule has 2 bridgehead atoms. The minimum atomic E-state index is -1.64. The van der Waals surface area contributed by atoms with Crippen molar-refractivity contribution in [3.8, 4) is 0 Å². The molecular weight excluding hydrogens is 484 g/mol. The highest BCUT2D eigenvalue weighted by Gasteiger charge is 2.77. The van der Waals surface area contributed by atoms with Crippen LogP contribution in [0.25, 0.3) is 0 Å². The van der Waals surface area contributed by atoms with E-state index in [9.17, 15) is 14.7 Å². The molecule has 0 saturated heterocycles. The fraction of sp³-hybridized carbons (Fsp3) is 0.686. The number of rotatable bonds is 11. The zero-order chi connectivity index (χ0) is 29.9. The van der Waals surface area contributed by atoms with Gasteiger partial charge in [0.1, 0.15) is 5.41 Å². The maximum atomic E-state index is 15.0. The van der Waals surface area contributed by atoms with Gasteiger partial charge in [-0.25, -0.2) is 0 Å². The maximum absolute atomic E-state index is 15.0. The Morgan fingerprint density at radius 3 is 1.87 bits per heavy atom. The number of carbonyl (C=O) groups is 3. The lowest BCUT2D eigenvalue weighted by molar-refractivity contribution is -0.209. The van der Waals surface area contributed by atoms with Crippen molar-refractivity contribution >= 4 is 17.3 Å². The molecule has 4 heteroatoms. The lowest BCUT2D eigenvalue weighted by atomic mass is 9.35. The topological polar surface area (TPSA) is 71.4 Å². The molecule has 2 fully saturated rings. The van der Waals surface area contributed by atoms with Gasteiger partial charge >= 0.3 is 0 Å². The summed E-state index contributed by atoms with van der Waals surface area (Å²) in [6.45, 7) is 21.8. The molecule has 39 heavy (non-hydrogen) atoms. The van der Waals surface area contributed by atoms with Crippen molar-refractivity contribution < 1.29 is 19.5 Å². The summed E-state index contributed by atoms with van der Waals surface area (Å²) in [4.78, 5) is 44.1. The minimum absolute atomic E-state index is 0.105. The van der Waals surface area contributed by atoms with Gasteiger partial charge in [0.05, 0.1) is 11.5 Å². The van der Waals surface area contributed by atoms with Gasteiger partial charge < -0.3 is 5.11 Å². The van der Waals surface area contributed by atoms with Gasteiger partial charge in [0.25, 0.3) is 0 Å². The van der Waals surface area contributed by atoms with Crippen molar-refractivity contribution in [2.75, 3.05) is 0 Å². The smallest absolute Gasteiger partial charge is 0.163 e. The fourth-order valence-corrected chi connectivity index (χ4v) is 7.21. The molecule has 0 spiro atoms. The quantitative estimate of drug-likeness (QED) is 0.213. The van der Waals surface area contributed by atoms with E-state index in [1.54, 1.807) is 0 Å². The Kier molecular flexibility index (Phi) is 10.7. The summed E-state index contributed by atoms with van der Waals surface area (Å²) in [5.41, 5.74) is 0.684. The number of ketones is 3. The minimum Gasteiger partial charge on any atom is -0.391 e. The zero-order valence-electron chi connectivity index (χ0n) is 26.5. The highest BCUT2D eigenvalue weighted by Crippen LogP contribution is 2.68. The van der Waals surface area contributed by atoms with Gasteiger partial charge in [0, 0.05) is 11.8 Å². The third-order valence-corrected chi connectivity index (χ3v) is 9.40. The molecule has 0 aromatic rings.